The highest BCUT2D eigenvalue weighted by molar-refractivity contribution is 8.13. The molecule has 0 saturated heterocycles. The smallest absolute Gasteiger partial charge is 0.487 e. The number of hydrogen-bond acceptors (Lipinski definition) is 7. The van der Waals surface area contributed by atoms with Crippen molar-refractivity contribution in [2.45, 2.75) is 33.1 Å². The lowest BCUT2D eigenvalue weighted by Gasteiger charge is -2.21. The molecule has 0 bridgehead atoms. The Morgan fingerprint density at radius 3 is 2.39 bits per heavy atom. The quantitative estimate of drug-likeness (QED) is 0.117. The molecule has 36 heavy (non-hydrogen) atoms. The number of carbonyl (C=O) groups excluding carboxylic acids is 2. The van der Waals surface area contributed by atoms with Gasteiger partial charge >= 0.3 is 12.2 Å². The number of ether oxygens (including phenoxy) is 4. The summed E-state index contributed by atoms with van der Waals surface area (Å²) in [6, 6.07) is 10.2. The van der Waals surface area contributed by atoms with Gasteiger partial charge in [-0.2, -0.15) is 4.99 Å². The van der Waals surface area contributed by atoms with Crippen LogP contribution in [-0.2, 0) is 20.6 Å². The van der Waals surface area contributed by atoms with Crippen LogP contribution in [0.4, 0.5) is 19.7 Å². The summed E-state index contributed by atoms with van der Waals surface area (Å²) >= 11 is 1.23. The Kier molecular flexibility index (Phi) is 11.7. The molecule has 2 aromatic carbocycles. The van der Waals surface area contributed by atoms with Crippen molar-refractivity contribution in [3.8, 4) is 5.75 Å². The highest BCUT2D eigenvalue weighted by atomic mass is 32.2. The summed E-state index contributed by atoms with van der Waals surface area (Å²) in [6.45, 7) is 12.4. The third-order valence-corrected chi connectivity index (χ3v) is 5.69. The zero-order chi connectivity index (χ0) is 26.5. The van der Waals surface area contributed by atoms with Crippen LogP contribution < -0.4 is 4.74 Å². The standard InChI is InChI=1S/C26H29FN2O6S/c1-6-32-25(30)29-24(36-5)21(16-18-8-10-19(28-4)11-9-18)20-14-17(3)15-22(23(20)27)34-12-13-35-26(31)33-7-2/h8-11,14-15,21H,6-7,12-13,16H2,1-3,5H3. The molecular weight excluding hydrogens is 487 g/mol. The molecule has 0 fully saturated rings. The Bertz CT molecular complexity index is 1110. The fourth-order valence-corrected chi connectivity index (χ4v) is 4.00. The molecule has 10 heteroatoms. The second kappa shape index (κ2) is 14.7. The maximum Gasteiger partial charge on any atom is 0.508 e. The molecule has 0 N–H and O–H groups in total. The van der Waals surface area contributed by atoms with Crippen molar-refractivity contribution in [3.63, 3.8) is 0 Å². The van der Waals surface area contributed by atoms with Gasteiger partial charge < -0.3 is 18.9 Å². The van der Waals surface area contributed by atoms with E-state index < -0.39 is 24.0 Å². The van der Waals surface area contributed by atoms with E-state index in [1.165, 1.54) is 11.8 Å². The van der Waals surface area contributed by atoms with Gasteiger partial charge in [0.05, 0.1) is 24.8 Å². The molecule has 0 aromatic heterocycles. The second-order valence-electron chi connectivity index (χ2n) is 7.43. The third kappa shape index (κ3) is 8.57. The van der Waals surface area contributed by atoms with Gasteiger partial charge in [0.1, 0.15) is 13.2 Å². The van der Waals surface area contributed by atoms with Crippen molar-refractivity contribution in [3.05, 3.63) is 70.3 Å². The molecule has 1 atom stereocenters. The fraction of sp³-hybridized carbons (Fsp3) is 0.385. The Hall–Kier alpha value is -3.58. The van der Waals surface area contributed by atoms with Gasteiger partial charge in [-0.25, -0.2) is 18.8 Å². The van der Waals surface area contributed by atoms with Crippen LogP contribution in [0.2, 0.25) is 0 Å². The first-order valence-electron chi connectivity index (χ1n) is 11.3. The summed E-state index contributed by atoms with van der Waals surface area (Å²) in [4.78, 5) is 31.0. The summed E-state index contributed by atoms with van der Waals surface area (Å²) in [7, 11) is 0. The summed E-state index contributed by atoms with van der Waals surface area (Å²) in [5, 5.41) is 0.379. The highest BCUT2D eigenvalue weighted by Crippen LogP contribution is 2.34. The van der Waals surface area contributed by atoms with Gasteiger partial charge in [-0.15, -0.1) is 11.8 Å². The molecule has 0 heterocycles. The van der Waals surface area contributed by atoms with Gasteiger partial charge in [0.25, 0.3) is 0 Å². The van der Waals surface area contributed by atoms with Gasteiger partial charge in [0, 0.05) is 11.5 Å². The highest BCUT2D eigenvalue weighted by Gasteiger charge is 2.26. The Balaban J connectivity index is 2.41. The van der Waals surface area contributed by atoms with Gasteiger partial charge in [0.2, 0.25) is 0 Å². The average molecular weight is 517 g/mol. The number of carbonyl (C=O) groups is 2. The van der Waals surface area contributed by atoms with Gasteiger partial charge in [-0.3, -0.25) is 0 Å². The first kappa shape index (κ1) is 28.7. The summed E-state index contributed by atoms with van der Waals surface area (Å²) in [6.07, 6.45) is 0.500. The number of hydrogen-bond donors (Lipinski definition) is 0. The average Bonchev–Trinajstić information content (AvgIpc) is 2.86. The van der Waals surface area contributed by atoms with Crippen molar-refractivity contribution >= 4 is 34.7 Å². The number of thioether (sulfide) groups is 1. The van der Waals surface area contributed by atoms with Crippen molar-refractivity contribution < 1.29 is 32.9 Å². The van der Waals surface area contributed by atoms with E-state index in [2.05, 4.69) is 14.6 Å². The number of benzene rings is 2. The minimum absolute atomic E-state index is 0.0117. The van der Waals surface area contributed by atoms with Crippen LogP contribution in [0.3, 0.4) is 0 Å². The monoisotopic (exact) mass is 516 g/mol. The van der Waals surface area contributed by atoms with Crippen molar-refractivity contribution in [2.75, 3.05) is 32.7 Å². The summed E-state index contributed by atoms with van der Waals surface area (Å²) in [5.41, 5.74) is 2.35. The van der Waals surface area contributed by atoms with E-state index in [0.29, 0.717) is 22.7 Å². The molecule has 2 rings (SSSR count). The van der Waals surface area contributed by atoms with Crippen LogP contribution in [-0.4, -0.2) is 50.0 Å². The van der Waals surface area contributed by atoms with Crippen molar-refractivity contribution in [1.82, 2.24) is 0 Å². The first-order chi connectivity index (χ1) is 17.3. The molecule has 1 amide bonds. The number of amides is 1. The number of nitrogens with zero attached hydrogens (tertiary/aromatic N) is 2. The zero-order valence-corrected chi connectivity index (χ0v) is 21.5. The molecule has 192 valence electrons. The van der Waals surface area contributed by atoms with E-state index >= 15 is 4.39 Å². The van der Waals surface area contributed by atoms with Crippen LogP contribution >= 0.6 is 11.8 Å². The van der Waals surface area contributed by atoms with Crippen LogP contribution in [0, 0.1) is 19.3 Å². The lowest BCUT2D eigenvalue weighted by atomic mass is 9.90. The van der Waals surface area contributed by atoms with Crippen LogP contribution in [0.5, 0.6) is 5.75 Å². The van der Waals surface area contributed by atoms with E-state index in [1.54, 1.807) is 63.4 Å². The number of aliphatic imine (C=N–C) groups is 1. The molecule has 0 saturated carbocycles. The molecule has 0 aliphatic carbocycles. The van der Waals surface area contributed by atoms with Crippen LogP contribution in [0.25, 0.3) is 4.85 Å². The van der Waals surface area contributed by atoms with Crippen LogP contribution in [0.1, 0.15) is 36.5 Å². The third-order valence-electron chi connectivity index (χ3n) is 4.89. The lowest BCUT2D eigenvalue weighted by molar-refractivity contribution is 0.0491. The number of aryl methyl sites for hydroxylation is 1. The normalized spacial score (nSPS) is 11.8. The van der Waals surface area contributed by atoms with E-state index in [1.807, 2.05) is 0 Å². The maximum atomic E-state index is 15.7. The van der Waals surface area contributed by atoms with Crippen molar-refractivity contribution in [1.29, 1.82) is 0 Å². The Labute approximate surface area is 214 Å². The molecule has 1 unspecified atom stereocenters. The van der Waals surface area contributed by atoms with Crippen LogP contribution in [0.15, 0.2) is 41.4 Å². The lowest BCUT2D eigenvalue weighted by Crippen LogP contribution is -2.18. The van der Waals surface area contributed by atoms with E-state index in [0.717, 1.165) is 11.1 Å². The molecule has 8 nitrogen and oxygen atoms in total. The molecule has 0 spiro atoms. The fourth-order valence-electron chi connectivity index (χ4n) is 3.34. The first-order valence-corrected chi connectivity index (χ1v) is 12.5. The van der Waals surface area contributed by atoms with Gasteiger partial charge in [-0.1, -0.05) is 30.3 Å². The SMILES string of the molecule is [C-]#[N+]c1ccc(CC(C(=NC(=O)OCC)SC)c2cc(C)cc(OCCOC(=O)OCC)c2F)cc1. The molecule has 0 aliphatic heterocycles. The summed E-state index contributed by atoms with van der Waals surface area (Å²) in [5.74, 6) is -1.24. The van der Waals surface area contributed by atoms with E-state index in [4.69, 9.17) is 20.8 Å². The van der Waals surface area contributed by atoms with Gasteiger partial charge in [0.15, 0.2) is 17.3 Å². The number of rotatable bonds is 10. The Morgan fingerprint density at radius 1 is 1.08 bits per heavy atom. The predicted molar refractivity (Wildman–Crippen MR) is 137 cm³/mol. The topological polar surface area (TPSA) is 87.8 Å². The predicted octanol–water partition coefficient (Wildman–Crippen LogP) is 6.48. The molecule has 0 radical (unpaired) electrons. The molecule has 2 aromatic rings. The maximum absolute atomic E-state index is 15.7. The van der Waals surface area contributed by atoms with E-state index in [-0.39, 0.29) is 32.2 Å². The van der Waals surface area contributed by atoms with E-state index in [9.17, 15) is 9.59 Å². The zero-order valence-electron chi connectivity index (χ0n) is 20.7. The molecular formula is C26H29FN2O6S. The minimum Gasteiger partial charge on any atom is -0.487 e. The minimum atomic E-state index is -0.824. The number of halogens is 1. The summed E-state index contributed by atoms with van der Waals surface area (Å²) < 4.78 is 35.8. The molecule has 0 aliphatic rings. The second-order valence-corrected chi connectivity index (χ2v) is 8.26. The van der Waals surface area contributed by atoms with Gasteiger partial charge in [-0.05, 0) is 50.6 Å². The van der Waals surface area contributed by atoms with Crippen molar-refractivity contribution in [2.24, 2.45) is 4.99 Å². The largest absolute Gasteiger partial charge is 0.508 e. The Morgan fingerprint density at radius 2 is 1.78 bits per heavy atom.